The van der Waals surface area contributed by atoms with Gasteiger partial charge in [-0.25, -0.2) is 0 Å². The van der Waals surface area contributed by atoms with Gasteiger partial charge in [0, 0.05) is 62.2 Å². The molecule has 0 aliphatic carbocycles. The van der Waals surface area contributed by atoms with Gasteiger partial charge < -0.3 is 10.2 Å². The summed E-state index contributed by atoms with van der Waals surface area (Å²) in [5.74, 6) is 2.78. The van der Waals surface area contributed by atoms with Crippen LogP contribution in [0.15, 0.2) is 47.7 Å². The maximum atomic E-state index is 12.3. The molecule has 7 heteroatoms. The van der Waals surface area contributed by atoms with E-state index >= 15 is 0 Å². The van der Waals surface area contributed by atoms with E-state index in [9.17, 15) is 4.21 Å². The van der Waals surface area contributed by atoms with E-state index in [4.69, 9.17) is 0 Å². The third-order valence-corrected chi connectivity index (χ3v) is 6.18. The van der Waals surface area contributed by atoms with Crippen LogP contribution in [0.2, 0.25) is 0 Å². The van der Waals surface area contributed by atoms with Gasteiger partial charge >= 0.3 is 0 Å². The number of nitrogens with one attached hydrogen (secondary N) is 1. The molecule has 2 heterocycles. The molecule has 2 unspecified atom stereocenters. The van der Waals surface area contributed by atoms with Crippen molar-refractivity contribution >= 4 is 16.8 Å². The van der Waals surface area contributed by atoms with Crippen molar-refractivity contribution in [2.75, 3.05) is 32.4 Å². The fourth-order valence-electron chi connectivity index (χ4n) is 3.54. The fraction of sp³-hybridized carbons (Fsp3) is 0.500. The van der Waals surface area contributed by atoms with E-state index in [1.54, 1.807) is 0 Å². The zero-order valence-electron chi connectivity index (χ0n) is 16.2. The summed E-state index contributed by atoms with van der Waals surface area (Å²) in [5, 5.41) is 7.64. The molecule has 1 aliphatic heterocycles. The van der Waals surface area contributed by atoms with Crippen molar-refractivity contribution in [2.45, 2.75) is 18.6 Å². The van der Waals surface area contributed by atoms with E-state index in [0.717, 1.165) is 37.5 Å². The minimum Gasteiger partial charge on any atom is -0.355 e. The molecular formula is C20H29N5OS. The minimum absolute atomic E-state index is 0.609. The van der Waals surface area contributed by atoms with Crippen LogP contribution in [0.5, 0.6) is 0 Å². The summed E-state index contributed by atoms with van der Waals surface area (Å²) in [5.41, 5.74) is 2.42. The predicted octanol–water partition coefficient (Wildman–Crippen LogP) is 1.81. The molecule has 2 aromatic rings. The normalized spacial score (nSPS) is 18.7. The molecule has 0 radical (unpaired) electrons. The Balaban J connectivity index is 1.41. The SMILES string of the molecule is CN=C(NCCS(=O)Cc1ccccc1)N1CCC(Cc2cnn(C)c2)C1. The molecule has 0 saturated carbocycles. The van der Waals surface area contributed by atoms with Gasteiger partial charge in [-0.05, 0) is 29.9 Å². The minimum atomic E-state index is -0.867. The monoisotopic (exact) mass is 387 g/mol. The molecular weight excluding hydrogens is 358 g/mol. The lowest BCUT2D eigenvalue weighted by Crippen LogP contribution is -2.41. The predicted molar refractivity (Wildman–Crippen MR) is 111 cm³/mol. The van der Waals surface area contributed by atoms with Crippen LogP contribution in [0.25, 0.3) is 0 Å². The Kier molecular flexibility index (Phi) is 7.04. The molecule has 27 heavy (non-hydrogen) atoms. The highest BCUT2D eigenvalue weighted by Gasteiger charge is 2.25. The number of aliphatic imine (C=N–C) groups is 1. The van der Waals surface area contributed by atoms with Crippen molar-refractivity contribution in [3.8, 4) is 0 Å². The number of likely N-dealkylation sites (tertiary alicyclic amines) is 1. The van der Waals surface area contributed by atoms with E-state index in [0.29, 0.717) is 24.0 Å². The molecule has 0 bridgehead atoms. The lowest BCUT2D eigenvalue weighted by atomic mass is 10.0. The third kappa shape index (κ3) is 5.92. The van der Waals surface area contributed by atoms with Crippen molar-refractivity contribution in [1.82, 2.24) is 20.0 Å². The first-order valence-corrected chi connectivity index (χ1v) is 10.9. The number of benzene rings is 1. The van der Waals surface area contributed by atoms with Crippen molar-refractivity contribution in [3.05, 3.63) is 53.9 Å². The zero-order chi connectivity index (χ0) is 19.1. The Morgan fingerprint density at radius 1 is 1.33 bits per heavy atom. The highest BCUT2D eigenvalue weighted by atomic mass is 32.2. The molecule has 1 aromatic heterocycles. The van der Waals surface area contributed by atoms with Gasteiger partial charge in [0.15, 0.2) is 5.96 Å². The van der Waals surface area contributed by atoms with Gasteiger partial charge in [0.1, 0.15) is 0 Å². The van der Waals surface area contributed by atoms with Crippen LogP contribution in [-0.4, -0.2) is 57.3 Å². The molecule has 6 nitrogen and oxygen atoms in total. The Hall–Kier alpha value is -2.15. The summed E-state index contributed by atoms with van der Waals surface area (Å²) >= 11 is 0. The van der Waals surface area contributed by atoms with Gasteiger partial charge in [-0.1, -0.05) is 30.3 Å². The summed E-state index contributed by atoms with van der Waals surface area (Å²) < 4.78 is 14.1. The maximum Gasteiger partial charge on any atom is 0.193 e. The number of aryl methyl sites for hydroxylation is 1. The molecule has 1 N–H and O–H groups in total. The van der Waals surface area contributed by atoms with Crippen LogP contribution in [0.4, 0.5) is 0 Å². The second-order valence-electron chi connectivity index (χ2n) is 7.07. The summed E-state index contributed by atoms with van der Waals surface area (Å²) in [6.07, 6.45) is 6.27. The van der Waals surface area contributed by atoms with E-state index in [-0.39, 0.29) is 0 Å². The zero-order valence-corrected chi connectivity index (χ0v) is 17.0. The smallest absolute Gasteiger partial charge is 0.193 e. The second-order valence-corrected chi connectivity index (χ2v) is 8.65. The van der Waals surface area contributed by atoms with Crippen LogP contribution in [0, 0.1) is 5.92 Å². The molecule has 1 aliphatic rings. The third-order valence-electron chi connectivity index (χ3n) is 4.86. The summed E-state index contributed by atoms with van der Waals surface area (Å²) in [4.78, 5) is 6.72. The standard InChI is InChI=1S/C20H29N5OS/c1-21-20(22-9-11-27(26)16-17-6-4-3-5-7-17)25-10-8-18(15-25)12-19-13-23-24(2)14-19/h3-7,13-14,18H,8-12,15-16H2,1-2H3,(H,21,22). The number of hydrogen-bond acceptors (Lipinski definition) is 3. The Labute approximate surface area is 164 Å². The molecule has 2 atom stereocenters. The maximum absolute atomic E-state index is 12.3. The van der Waals surface area contributed by atoms with Gasteiger partial charge in [-0.2, -0.15) is 5.10 Å². The van der Waals surface area contributed by atoms with Crippen LogP contribution < -0.4 is 5.32 Å². The Morgan fingerprint density at radius 2 is 2.15 bits per heavy atom. The Morgan fingerprint density at radius 3 is 2.85 bits per heavy atom. The summed E-state index contributed by atoms with van der Waals surface area (Å²) in [6.45, 7) is 2.69. The van der Waals surface area contributed by atoms with Crippen molar-refractivity contribution in [3.63, 3.8) is 0 Å². The van der Waals surface area contributed by atoms with Crippen LogP contribution in [0.3, 0.4) is 0 Å². The molecule has 0 amide bonds. The topological polar surface area (TPSA) is 62.5 Å². The average Bonchev–Trinajstić information content (AvgIpc) is 3.29. The van der Waals surface area contributed by atoms with Gasteiger partial charge in [-0.15, -0.1) is 0 Å². The van der Waals surface area contributed by atoms with Crippen molar-refractivity contribution in [1.29, 1.82) is 0 Å². The Bertz CT molecular complexity index is 774. The lowest BCUT2D eigenvalue weighted by Gasteiger charge is -2.21. The van der Waals surface area contributed by atoms with Gasteiger partial charge in [0.2, 0.25) is 0 Å². The first-order valence-electron chi connectivity index (χ1n) is 9.46. The number of rotatable bonds is 7. The highest BCUT2D eigenvalue weighted by Crippen LogP contribution is 2.20. The van der Waals surface area contributed by atoms with Crippen molar-refractivity contribution in [2.24, 2.45) is 18.0 Å². The van der Waals surface area contributed by atoms with E-state index in [2.05, 4.69) is 26.5 Å². The number of hydrogen-bond donors (Lipinski definition) is 1. The molecule has 1 fully saturated rings. The summed E-state index contributed by atoms with van der Waals surface area (Å²) in [6, 6.07) is 10.0. The highest BCUT2D eigenvalue weighted by molar-refractivity contribution is 7.84. The van der Waals surface area contributed by atoms with E-state index in [1.807, 2.05) is 55.3 Å². The first kappa shape index (κ1) is 19.6. The van der Waals surface area contributed by atoms with Crippen LogP contribution in [-0.2, 0) is 30.0 Å². The number of nitrogens with zero attached hydrogens (tertiary/aromatic N) is 4. The molecule has 3 rings (SSSR count). The average molecular weight is 388 g/mol. The molecule has 146 valence electrons. The molecule has 0 spiro atoms. The first-order chi connectivity index (χ1) is 13.1. The molecule has 1 aromatic carbocycles. The van der Waals surface area contributed by atoms with Gasteiger partial charge in [-0.3, -0.25) is 13.9 Å². The van der Waals surface area contributed by atoms with Crippen LogP contribution in [0.1, 0.15) is 17.5 Å². The van der Waals surface area contributed by atoms with Gasteiger partial charge in [0.05, 0.1) is 6.20 Å². The number of guanidine groups is 1. The quantitative estimate of drug-likeness (QED) is 0.581. The van der Waals surface area contributed by atoms with Crippen molar-refractivity contribution < 1.29 is 4.21 Å². The fourth-order valence-corrected chi connectivity index (χ4v) is 4.58. The van der Waals surface area contributed by atoms with Gasteiger partial charge in [0.25, 0.3) is 0 Å². The molecule has 1 saturated heterocycles. The van der Waals surface area contributed by atoms with Crippen LogP contribution >= 0.6 is 0 Å². The largest absolute Gasteiger partial charge is 0.355 e. The van der Waals surface area contributed by atoms with E-state index < -0.39 is 10.8 Å². The number of aromatic nitrogens is 2. The second kappa shape index (κ2) is 9.69. The lowest BCUT2D eigenvalue weighted by molar-refractivity contribution is 0.461. The van der Waals surface area contributed by atoms with E-state index in [1.165, 1.54) is 5.56 Å². The summed E-state index contributed by atoms with van der Waals surface area (Å²) in [7, 11) is 2.91.